The van der Waals surface area contributed by atoms with Crippen molar-refractivity contribution in [3.8, 4) is 0 Å². The van der Waals surface area contributed by atoms with Crippen LogP contribution in [-0.2, 0) is 14.3 Å². The van der Waals surface area contributed by atoms with Crippen molar-refractivity contribution in [1.82, 2.24) is 0 Å². The van der Waals surface area contributed by atoms with E-state index in [0.29, 0.717) is 42.5 Å². The van der Waals surface area contributed by atoms with E-state index >= 15 is 0 Å². The van der Waals surface area contributed by atoms with Gasteiger partial charge in [-0.25, -0.2) is 0 Å². The number of Topliss-reactive ketones (excluding diaryl/α,β-unsaturated/α-hetero) is 1. The number of ether oxygens (including phenoxy) is 2. The van der Waals surface area contributed by atoms with Gasteiger partial charge in [-0.3, -0.25) is 4.79 Å². The number of ketones is 1. The minimum absolute atomic E-state index is 0.251. The largest absolute Gasteiger partial charge is 0.381 e. The lowest BCUT2D eigenvalue weighted by atomic mass is 9.69. The van der Waals surface area contributed by atoms with E-state index in [1.54, 1.807) is 0 Å². The van der Waals surface area contributed by atoms with Gasteiger partial charge in [0.25, 0.3) is 0 Å². The second-order valence-electron chi connectivity index (χ2n) is 6.09. The topological polar surface area (TPSA) is 35.5 Å². The number of carbonyl (C=O) groups is 1. The van der Waals surface area contributed by atoms with Crippen LogP contribution in [0.25, 0.3) is 0 Å². The highest BCUT2D eigenvalue weighted by Crippen LogP contribution is 2.54. The van der Waals surface area contributed by atoms with Crippen LogP contribution in [-0.4, -0.2) is 31.7 Å². The summed E-state index contributed by atoms with van der Waals surface area (Å²) >= 11 is 0. The Morgan fingerprint density at radius 1 is 1.24 bits per heavy atom. The Morgan fingerprint density at radius 3 is 3.00 bits per heavy atom. The van der Waals surface area contributed by atoms with Gasteiger partial charge in [-0.1, -0.05) is 6.58 Å². The van der Waals surface area contributed by atoms with Gasteiger partial charge >= 0.3 is 0 Å². The highest BCUT2D eigenvalue weighted by molar-refractivity contribution is 5.83. The first-order chi connectivity index (χ1) is 8.25. The third-order valence-electron chi connectivity index (χ3n) is 5.36. The van der Waals surface area contributed by atoms with E-state index < -0.39 is 0 Å². The lowest BCUT2D eigenvalue weighted by Crippen LogP contribution is -2.43. The molecule has 0 unspecified atom stereocenters. The number of carbonyl (C=O) groups excluding carboxylic acids is 1. The molecular weight excluding hydrogens is 216 g/mol. The van der Waals surface area contributed by atoms with Crippen LogP contribution in [0, 0.1) is 29.6 Å². The number of hydrogen-bond acceptors (Lipinski definition) is 3. The minimum atomic E-state index is 0.251. The Labute approximate surface area is 101 Å². The molecule has 17 heavy (non-hydrogen) atoms. The molecule has 2 saturated heterocycles. The van der Waals surface area contributed by atoms with Crippen molar-refractivity contribution in [2.24, 2.45) is 29.6 Å². The predicted octanol–water partition coefficient (Wildman–Crippen LogP) is 1.43. The van der Waals surface area contributed by atoms with Crippen LogP contribution in [0.2, 0.25) is 0 Å². The van der Waals surface area contributed by atoms with Crippen LogP contribution in [0.5, 0.6) is 0 Å². The maximum absolute atomic E-state index is 12.3. The lowest BCUT2D eigenvalue weighted by molar-refractivity contribution is -0.133. The van der Waals surface area contributed by atoms with Gasteiger partial charge in [-0.2, -0.15) is 0 Å². The van der Waals surface area contributed by atoms with E-state index in [4.69, 9.17) is 9.47 Å². The van der Waals surface area contributed by atoms with Crippen LogP contribution in [0.4, 0.5) is 0 Å². The zero-order valence-corrected chi connectivity index (χ0v) is 9.93. The van der Waals surface area contributed by atoms with Crippen LogP contribution in [0.15, 0.2) is 12.2 Å². The summed E-state index contributed by atoms with van der Waals surface area (Å²) in [6.07, 6.45) is 1.96. The summed E-state index contributed by atoms with van der Waals surface area (Å²) < 4.78 is 11.5. The monoisotopic (exact) mass is 234 g/mol. The molecule has 2 aliphatic carbocycles. The third-order valence-corrected chi connectivity index (χ3v) is 5.36. The molecule has 6 atom stereocenters. The van der Waals surface area contributed by atoms with Gasteiger partial charge in [0.2, 0.25) is 0 Å². The van der Waals surface area contributed by atoms with Gasteiger partial charge in [0.15, 0.2) is 0 Å². The Kier molecular flexibility index (Phi) is 2.07. The van der Waals surface area contributed by atoms with E-state index in [9.17, 15) is 4.79 Å². The van der Waals surface area contributed by atoms with Gasteiger partial charge in [-0.15, -0.1) is 0 Å². The summed E-state index contributed by atoms with van der Waals surface area (Å²) in [7, 11) is 0. The predicted molar refractivity (Wildman–Crippen MR) is 61.4 cm³/mol. The molecule has 0 N–H and O–H groups in total. The van der Waals surface area contributed by atoms with Crippen molar-refractivity contribution in [3.63, 3.8) is 0 Å². The highest BCUT2D eigenvalue weighted by atomic mass is 16.5. The van der Waals surface area contributed by atoms with Crippen LogP contribution in [0.1, 0.15) is 12.8 Å². The Morgan fingerprint density at radius 2 is 2.12 bits per heavy atom. The molecule has 92 valence electrons. The molecule has 4 fully saturated rings. The third kappa shape index (κ3) is 1.27. The molecule has 2 saturated carbocycles. The first-order valence-electron chi connectivity index (χ1n) is 6.65. The maximum Gasteiger partial charge on any atom is 0.137 e. The van der Waals surface area contributed by atoms with E-state index in [1.807, 2.05) is 0 Å². The molecule has 4 aliphatic rings. The van der Waals surface area contributed by atoms with Gasteiger partial charge in [0.05, 0.1) is 19.3 Å². The Bertz CT molecular complexity index is 389. The molecule has 4 rings (SSSR count). The van der Waals surface area contributed by atoms with Gasteiger partial charge in [0.1, 0.15) is 5.78 Å². The molecule has 2 aliphatic heterocycles. The molecule has 0 aromatic rings. The summed E-state index contributed by atoms with van der Waals surface area (Å²) in [6, 6.07) is 0. The average molecular weight is 234 g/mol. The second kappa shape index (κ2) is 3.42. The number of rotatable bonds is 0. The van der Waals surface area contributed by atoms with E-state index in [0.717, 1.165) is 25.2 Å². The first kappa shape index (κ1) is 10.3. The van der Waals surface area contributed by atoms with Crippen LogP contribution >= 0.6 is 0 Å². The fourth-order valence-electron chi connectivity index (χ4n) is 4.55. The molecule has 0 amide bonds. The minimum Gasteiger partial charge on any atom is -0.381 e. The SMILES string of the molecule is C=C1CO[C@H]2[C@@H]3[C@@H]4COC[C@@H]4C[C@@H]3C(=O)C[C@@H]12. The molecule has 0 bridgehead atoms. The molecule has 0 spiro atoms. The zero-order chi connectivity index (χ0) is 11.6. The van der Waals surface area contributed by atoms with Gasteiger partial charge in [-0.05, 0) is 23.8 Å². The quantitative estimate of drug-likeness (QED) is 0.595. The molecule has 2 heterocycles. The number of hydrogen-bond donors (Lipinski definition) is 0. The van der Waals surface area contributed by atoms with Crippen LogP contribution < -0.4 is 0 Å². The summed E-state index contributed by atoms with van der Waals surface area (Å²) in [5.74, 6) is 2.57. The zero-order valence-electron chi connectivity index (χ0n) is 9.93. The van der Waals surface area contributed by atoms with Crippen molar-refractivity contribution >= 4 is 5.78 Å². The Balaban J connectivity index is 1.71. The smallest absolute Gasteiger partial charge is 0.137 e. The normalized spacial score (nSPS) is 52.5. The molecular formula is C14H18O3. The fourth-order valence-corrected chi connectivity index (χ4v) is 4.55. The van der Waals surface area contributed by atoms with Crippen molar-refractivity contribution in [2.45, 2.75) is 18.9 Å². The van der Waals surface area contributed by atoms with Gasteiger partial charge in [0, 0.05) is 30.8 Å². The standard InChI is InChI=1S/C14H18O3/c1-7-4-17-14-9(7)3-12(15)10-2-8-5-16-6-11(8)13(10)14/h8-11,13-14H,1-6H2/t8-,9-,10+,11+,13-,14+/m0/s1. The summed E-state index contributed by atoms with van der Waals surface area (Å²) in [4.78, 5) is 12.3. The lowest BCUT2D eigenvalue weighted by Gasteiger charge is -2.36. The molecule has 3 nitrogen and oxygen atoms in total. The van der Waals surface area contributed by atoms with Crippen molar-refractivity contribution in [2.75, 3.05) is 19.8 Å². The van der Waals surface area contributed by atoms with Crippen molar-refractivity contribution in [1.29, 1.82) is 0 Å². The van der Waals surface area contributed by atoms with Crippen molar-refractivity contribution in [3.05, 3.63) is 12.2 Å². The highest BCUT2D eigenvalue weighted by Gasteiger charge is 2.58. The molecule has 0 aromatic heterocycles. The summed E-state index contributed by atoms with van der Waals surface area (Å²) in [5.41, 5.74) is 1.13. The second-order valence-corrected chi connectivity index (χ2v) is 6.09. The first-order valence-corrected chi connectivity index (χ1v) is 6.65. The number of fused-ring (bicyclic) bond motifs is 5. The van der Waals surface area contributed by atoms with E-state index in [-0.39, 0.29) is 12.0 Å². The van der Waals surface area contributed by atoms with Crippen molar-refractivity contribution < 1.29 is 14.3 Å². The van der Waals surface area contributed by atoms with E-state index in [1.165, 1.54) is 0 Å². The molecule has 0 radical (unpaired) electrons. The Hall–Kier alpha value is -0.670. The van der Waals surface area contributed by atoms with Gasteiger partial charge < -0.3 is 9.47 Å². The molecule has 0 aromatic carbocycles. The molecule has 3 heteroatoms. The van der Waals surface area contributed by atoms with Crippen LogP contribution in [0.3, 0.4) is 0 Å². The van der Waals surface area contributed by atoms with E-state index in [2.05, 4.69) is 6.58 Å². The average Bonchev–Trinajstić information content (AvgIpc) is 2.94. The summed E-state index contributed by atoms with van der Waals surface area (Å²) in [5, 5.41) is 0. The fraction of sp³-hybridized carbons (Fsp3) is 0.786. The maximum atomic E-state index is 12.3. The summed E-state index contributed by atoms with van der Waals surface area (Å²) in [6.45, 7) is 6.40.